The van der Waals surface area contributed by atoms with Crippen molar-refractivity contribution in [1.82, 2.24) is 9.38 Å². The van der Waals surface area contributed by atoms with Gasteiger partial charge in [0.1, 0.15) is 11.4 Å². The summed E-state index contributed by atoms with van der Waals surface area (Å²) in [5.74, 6) is 0.0176. The SMILES string of the molecule is COc1ccc(-c2cn3ccc(C)cc3n2)cc1NC(=O)C(c1ccccc1)c1ccccc1. The van der Waals surface area contributed by atoms with E-state index in [0.29, 0.717) is 11.4 Å². The van der Waals surface area contributed by atoms with E-state index in [-0.39, 0.29) is 5.91 Å². The average Bonchev–Trinajstić information content (AvgIpc) is 3.29. The number of imidazole rings is 1. The minimum atomic E-state index is -0.450. The summed E-state index contributed by atoms with van der Waals surface area (Å²) in [6, 6.07) is 29.4. The molecule has 0 unspecified atom stereocenters. The maximum Gasteiger partial charge on any atom is 0.236 e. The molecule has 5 aromatic rings. The molecule has 0 radical (unpaired) electrons. The summed E-state index contributed by atoms with van der Waals surface area (Å²) in [6.07, 6.45) is 3.98. The molecule has 0 saturated carbocycles. The van der Waals surface area contributed by atoms with Gasteiger partial charge in [0.25, 0.3) is 0 Å². The molecular formula is C29H25N3O2. The maximum atomic E-state index is 13.6. The molecule has 1 N–H and O–H groups in total. The number of fused-ring (bicyclic) bond motifs is 1. The summed E-state index contributed by atoms with van der Waals surface area (Å²) in [5, 5.41) is 3.11. The van der Waals surface area contributed by atoms with Crippen LogP contribution in [0.3, 0.4) is 0 Å². The third-order valence-corrected chi connectivity index (χ3v) is 5.90. The number of aromatic nitrogens is 2. The van der Waals surface area contributed by atoms with Crippen molar-refractivity contribution in [2.45, 2.75) is 12.8 Å². The van der Waals surface area contributed by atoms with E-state index in [4.69, 9.17) is 9.72 Å². The van der Waals surface area contributed by atoms with Gasteiger partial charge in [0.2, 0.25) is 5.91 Å². The van der Waals surface area contributed by atoms with Crippen LogP contribution in [0.15, 0.2) is 103 Å². The summed E-state index contributed by atoms with van der Waals surface area (Å²) in [5.41, 5.74) is 6.22. The monoisotopic (exact) mass is 447 g/mol. The Morgan fingerprint density at radius 2 is 1.59 bits per heavy atom. The summed E-state index contributed by atoms with van der Waals surface area (Å²) in [6.45, 7) is 2.05. The van der Waals surface area contributed by atoms with E-state index in [1.165, 1.54) is 0 Å². The number of aryl methyl sites for hydroxylation is 1. The summed E-state index contributed by atoms with van der Waals surface area (Å²) < 4.78 is 7.55. The first-order valence-corrected chi connectivity index (χ1v) is 11.2. The van der Waals surface area contributed by atoms with Crippen LogP contribution in [0.5, 0.6) is 5.75 Å². The Morgan fingerprint density at radius 3 is 2.24 bits per heavy atom. The van der Waals surface area contributed by atoms with Crippen molar-refractivity contribution < 1.29 is 9.53 Å². The van der Waals surface area contributed by atoms with Crippen LogP contribution >= 0.6 is 0 Å². The highest BCUT2D eigenvalue weighted by Crippen LogP contribution is 2.33. The molecule has 0 fully saturated rings. The number of nitrogens with zero attached hydrogens (tertiary/aromatic N) is 2. The van der Waals surface area contributed by atoms with E-state index in [1.54, 1.807) is 7.11 Å². The lowest BCUT2D eigenvalue weighted by Crippen LogP contribution is -2.22. The Hall–Kier alpha value is -4.38. The van der Waals surface area contributed by atoms with Gasteiger partial charge in [0.15, 0.2) is 0 Å². The number of hydrogen-bond acceptors (Lipinski definition) is 3. The van der Waals surface area contributed by atoms with Crippen LogP contribution in [0.1, 0.15) is 22.6 Å². The lowest BCUT2D eigenvalue weighted by atomic mass is 9.90. The van der Waals surface area contributed by atoms with E-state index in [1.807, 2.05) is 115 Å². The van der Waals surface area contributed by atoms with Crippen molar-refractivity contribution in [3.05, 3.63) is 120 Å². The number of rotatable bonds is 6. The van der Waals surface area contributed by atoms with Crippen LogP contribution in [-0.4, -0.2) is 22.4 Å². The molecule has 5 rings (SSSR count). The zero-order chi connectivity index (χ0) is 23.5. The molecule has 34 heavy (non-hydrogen) atoms. The van der Waals surface area contributed by atoms with E-state index in [0.717, 1.165) is 33.6 Å². The third kappa shape index (κ3) is 4.28. The topological polar surface area (TPSA) is 55.6 Å². The first kappa shape index (κ1) is 21.5. The highest BCUT2D eigenvalue weighted by molar-refractivity contribution is 5.99. The highest BCUT2D eigenvalue weighted by atomic mass is 16.5. The fourth-order valence-electron chi connectivity index (χ4n) is 4.18. The molecule has 0 aliphatic rings. The Balaban J connectivity index is 1.51. The van der Waals surface area contributed by atoms with Gasteiger partial charge >= 0.3 is 0 Å². The largest absolute Gasteiger partial charge is 0.495 e. The second-order valence-electron chi connectivity index (χ2n) is 8.25. The summed E-state index contributed by atoms with van der Waals surface area (Å²) >= 11 is 0. The molecule has 5 heteroatoms. The van der Waals surface area contributed by atoms with Crippen molar-refractivity contribution in [2.24, 2.45) is 0 Å². The van der Waals surface area contributed by atoms with Crippen LogP contribution in [0.4, 0.5) is 5.69 Å². The molecular weight excluding hydrogens is 422 g/mol. The van der Waals surface area contributed by atoms with E-state index < -0.39 is 5.92 Å². The van der Waals surface area contributed by atoms with Gasteiger partial charge in [-0.25, -0.2) is 4.98 Å². The number of hydrogen-bond donors (Lipinski definition) is 1. The van der Waals surface area contributed by atoms with Crippen molar-refractivity contribution in [3.8, 4) is 17.0 Å². The van der Waals surface area contributed by atoms with E-state index >= 15 is 0 Å². The number of carbonyl (C=O) groups is 1. The molecule has 0 bridgehead atoms. The van der Waals surface area contributed by atoms with Crippen LogP contribution in [0.2, 0.25) is 0 Å². The molecule has 2 heterocycles. The molecule has 0 spiro atoms. The number of nitrogens with one attached hydrogen (secondary N) is 1. The number of carbonyl (C=O) groups excluding carboxylic acids is 1. The average molecular weight is 448 g/mol. The van der Waals surface area contributed by atoms with E-state index in [2.05, 4.69) is 5.32 Å². The Morgan fingerprint density at radius 1 is 0.912 bits per heavy atom. The molecule has 2 aromatic heterocycles. The number of benzene rings is 3. The van der Waals surface area contributed by atoms with Crippen molar-refractivity contribution >= 4 is 17.2 Å². The minimum absolute atomic E-state index is 0.126. The quantitative estimate of drug-likeness (QED) is 0.343. The van der Waals surface area contributed by atoms with Gasteiger partial charge in [0, 0.05) is 18.0 Å². The molecule has 168 valence electrons. The van der Waals surface area contributed by atoms with Gasteiger partial charge in [-0.3, -0.25) is 4.79 Å². The lowest BCUT2D eigenvalue weighted by Gasteiger charge is -2.19. The normalized spacial score (nSPS) is 11.0. The molecule has 0 saturated heterocycles. The van der Waals surface area contributed by atoms with Crippen LogP contribution in [0.25, 0.3) is 16.9 Å². The minimum Gasteiger partial charge on any atom is -0.495 e. The summed E-state index contributed by atoms with van der Waals surface area (Å²) in [7, 11) is 1.60. The molecule has 0 aliphatic heterocycles. The molecule has 0 atom stereocenters. The zero-order valence-corrected chi connectivity index (χ0v) is 19.1. The molecule has 1 amide bonds. The van der Waals surface area contributed by atoms with Crippen molar-refractivity contribution in [1.29, 1.82) is 0 Å². The predicted molar refractivity (Wildman–Crippen MR) is 135 cm³/mol. The van der Waals surface area contributed by atoms with Gasteiger partial charge in [-0.2, -0.15) is 0 Å². The second kappa shape index (κ2) is 9.24. The molecule has 0 aliphatic carbocycles. The van der Waals surface area contributed by atoms with Gasteiger partial charge in [-0.15, -0.1) is 0 Å². The van der Waals surface area contributed by atoms with Crippen LogP contribution < -0.4 is 10.1 Å². The number of methoxy groups -OCH3 is 1. The third-order valence-electron chi connectivity index (χ3n) is 5.90. The Labute approximate surface area is 198 Å². The number of anilines is 1. The first-order valence-electron chi connectivity index (χ1n) is 11.2. The molecule has 3 aromatic carbocycles. The number of ether oxygens (including phenoxy) is 1. The van der Waals surface area contributed by atoms with Crippen LogP contribution in [-0.2, 0) is 4.79 Å². The zero-order valence-electron chi connectivity index (χ0n) is 19.1. The highest BCUT2D eigenvalue weighted by Gasteiger charge is 2.24. The smallest absolute Gasteiger partial charge is 0.236 e. The van der Waals surface area contributed by atoms with Crippen LogP contribution in [0, 0.1) is 6.92 Å². The van der Waals surface area contributed by atoms with Gasteiger partial charge < -0.3 is 14.5 Å². The lowest BCUT2D eigenvalue weighted by molar-refractivity contribution is -0.116. The van der Waals surface area contributed by atoms with Gasteiger partial charge in [-0.1, -0.05) is 60.7 Å². The summed E-state index contributed by atoms with van der Waals surface area (Å²) in [4.78, 5) is 18.4. The van der Waals surface area contributed by atoms with Crippen molar-refractivity contribution in [2.75, 3.05) is 12.4 Å². The number of amides is 1. The second-order valence-corrected chi connectivity index (χ2v) is 8.25. The van der Waals surface area contributed by atoms with Gasteiger partial charge in [0.05, 0.1) is 24.4 Å². The molecule has 5 nitrogen and oxygen atoms in total. The fourth-order valence-corrected chi connectivity index (χ4v) is 4.18. The number of pyridine rings is 1. The standard InChI is InChI=1S/C29H25N3O2/c1-20-15-16-32-19-25(30-27(32)17-20)23-13-14-26(34-2)24(18-23)31-29(33)28(21-9-5-3-6-10-21)22-11-7-4-8-12-22/h3-19,28H,1-2H3,(H,31,33). The van der Waals surface area contributed by atoms with Crippen molar-refractivity contribution in [3.63, 3.8) is 0 Å². The Kier molecular flexibility index (Phi) is 5.83. The van der Waals surface area contributed by atoms with Gasteiger partial charge in [-0.05, 0) is 53.9 Å². The van der Waals surface area contributed by atoms with E-state index in [9.17, 15) is 4.79 Å². The maximum absolute atomic E-state index is 13.6. The Bertz CT molecular complexity index is 1400. The first-order chi connectivity index (χ1) is 16.6. The fraction of sp³-hybridized carbons (Fsp3) is 0.103. The predicted octanol–water partition coefficient (Wildman–Crippen LogP) is 6.09.